The fourth-order valence-electron chi connectivity index (χ4n) is 2.44. The van der Waals surface area contributed by atoms with Crippen LogP contribution in [0.3, 0.4) is 0 Å². The van der Waals surface area contributed by atoms with E-state index >= 15 is 0 Å². The molecule has 0 spiro atoms. The highest BCUT2D eigenvalue weighted by atomic mass is 35.5. The van der Waals surface area contributed by atoms with E-state index in [9.17, 15) is 14.7 Å². The van der Waals surface area contributed by atoms with Crippen molar-refractivity contribution in [3.05, 3.63) is 101 Å². The number of hydrazone groups is 1. The van der Waals surface area contributed by atoms with Gasteiger partial charge in [0.2, 0.25) is 0 Å². The number of amides is 1. The normalized spacial score (nSPS) is 11.8. The number of nitrogens with zero attached hydrogens (tertiary/aromatic N) is 1. The standard InChI is InChI=1S/C22H17ClN2O4/c23-18-12-10-16(11-13-18)22(28)29-19-9-5-4-8-17(19)14-24-25-21(27)20(26)15-6-2-1-3-7-15/h1-14,20,26H,(H,25,27)/b24-14-/t20-/m1/s1. The highest BCUT2D eigenvalue weighted by molar-refractivity contribution is 6.30. The lowest BCUT2D eigenvalue weighted by atomic mass is 10.1. The van der Waals surface area contributed by atoms with Crippen LogP contribution in [-0.2, 0) is 4.79 Å². The molecule has 0 aromatic heterocycles. The van der Waals surface area contributed by atoms with Crippen LogP contribution in [0, 0.1) is 0 Å². The summed E-state index contributed by atoms with van der Waals surface area (Å²) in [5.41, 5.74) is 3.55. The van der Waals surface area contributed by atoms with Gasteiger partial charge in [-0.25, -0.2) is 10.2 Å². The zero-order valence-electron chi connectivity index (χ0n) is 15.2. The van der Waals surface area contributed by atoms with Crippen LogP contribution in [0.25, 0.3) is 0 Å². The van der Waals surface area contributed by atoms with Gasteiger partial charge in [-0.2, -0.15) is 5.10 Å². The Balaban J connectivity index is 1.66. The molecule has 1 amide bonds. The SMILES string of the molecule is O=C(Oc1ccccc1/C=N\NC(=O)[C@H](O)c1ccccc1)c1ccc(Cl)cc1. The molecule has 0 aliphatic rings. The zero-order chi connectivity index (χ0) is 20.6. The molecule has 0 fully saturated rings. The smallest absolute Gasteiger partial charge is 0.343 e. The quantitative estimate of drug-likeness (QED) is 0.281. The first kappa shape index (κ1) is 20.3. The van der Waals surface area contributed by atoms with E-state index < -0.39 is 18.0 Å². The number of carbonyl (C=O) groups is 2. The lowest BCUT2D eigenvalue weighted by Gasteiger charge is -2.09. The minimum atomic E-state index is -1.34. The van der Waals surface area contributed by atoms with Gasteiger partial charge in [-0.3, -0.25) is 4.79 Å². The number of ether oxygens (including phenoxy) is 1. The molecule has 0 heterocycles. The average Bonchev–Trinajstić information content (AvgIpc) is 2.75. The van der Waals surface area contributed by atoms with Crippen LogP contribution in [0.5, 0.6) is 5.75 Å². The summed E-state index contributed by atoms with van der Waals surface area (Å²) in [5.74, 6) is -0.955. The maximum Gasteiger partial charge on any atom is 0.343 e. The van der Waals surface area contributed by atoms with Gasteiger partial charge in [0.1, 0.15) is 5.75 Å². The maximum absolute atomic E-state index is 12.3. The van der Waals surface area contributed by atoms with E-state index in [0.29, 0.717) is 21.7 Å². The highest BCUT2D eigenvalue weighted by Crippen LogP contribution is 2.19. The molecule has 7 heteroatoms. The van der Waals surface area contributed by atoms with Gasteiger partial charge in [0, 0.05) is 10.6 Å². The maximum atomic E-state index is 12.3. The number of nitrogens with one attached hydrogen (secondary N) is 1. The van der Waals surface area contributed by atoms with E-state index in [1.165, 1.54) is 6.21 Å². The minimum Gasteiger partial charge on any atom is -0.422 e. The van der Waals surface area contributed by atoms with Crippen LogP contribution in [-0.4, -0.2) is 23.2 Å². The van der Waals surface area contributed by atoms with Crippen LogP contribution >= 0.6 is 11.6 Å². The molecule has 0 aliphatic carbocycles. The predicted octanol–water partition coefficient (Wildman–Crippen LogP) is 3.74. The van der Waals surface area contributed by atoms with Gasteiger partial charge in [-0.15, -0.1) is 0 Å². The van der Waals surface area contributed by atoms with Crippen molar-refractivity contribution in [2.24, 2.45) is 5.10 Å². The van der Waals surface area contributed by atoms with E-state index in [4.69, 9.17) is 16.3 Å². The summed E-state index contributed by atoms with van der Waals surface area (Å²) in [6, 6.07) is 21.6. The average molecular weight is 409 g/mol. The molecule has 0 bridgehead atoms. The number of esters is 1. The van der Waals surface area contributed by atoms with Gasteiger partial charge in [-0.1, -0.05) is 54.1 Å². The lowest BCUT2D eigenvalue weighted by Crippen LogP contribution is -2.25. The third-order valence-corrected chi connectivity index (χ3v) is 4.20. The van der Waals surface area contributed by atoms with Crippen molar-refractivity contribution in [2.75, 3.05) is 0 Å². The molecule has 0 saturated heterocycles. The van der Waals surface area contributed by atoms with Gasteiger partial charge < -0.3 is 9.84 Å². The summed E-state index contributed by atoms with van der Waals surface area (Å²) in [5, 5.41) is 14.4. The molecule has 146 valence electrons. The molecular formula is C22H17ClN2O4. The molecular weight excluding hydrogens is 392 g/mol. The molecule has 6 nitrogen and oxygen atoms in total. The number of halogens is 1. The van der Waals surface area contributed by atoms with E-state index in [1.807, 2.05) is 0 Å². The summed E-state index contributed by atoms with van der Waals surface area (Å²) < 4.78 is 5.41. The second-order valence-electron chi connectivity index (χ2n) is 5.98. The summed E-state index contributed by atoms with van der Waals surface area (Å²) >= 11 is 5.82. The predicted molar refractivity (Wildman–Crippen MR) is 110 cm³/mol. The molecule has 0 aliphatic heterocycles. The number of hydrogen-bond acceptors (Lipinski definition) is 5. The van der Waals surface area contributed by atoms with E-state index in [-0.39, 0.29) is 5.75 Å². The first-order valence-electron chi connectivity index (χ1n) is 8.67. The van der Waals surface area contributed by atoms with Gasteiger partial charge in [0.25, 0.3) is 5.91 Å². The van der Waals surface area contributed by atoms with Crippen LogP contribution in [0.4, 0.5) is 0 Å². The van der Waals surface area contributed by atoms with Crippen molar-refractivity contribution in [3.8, 4) is 5.75 Å². The number of hydrogen-bond donors (Lipinski definition) is 2. The summed E-state index contributed by atoms with van der Waals surface area (Å²) in [4.78, 5) is 24.3. The van der Waals surface area contributed by atoms with Gasteiger partial charge in [-0.05, 0) is 42.0 Å². The number of aliphatic hydroxyl groups excluding tert-OH is 1. The number of carbonyl (C=O) groups excluding carboxylic acids is 2. The highest BCUT2D eigenvalue weighted by Gasteiger charge is 2.16. The van der Waals surface area contributed by atoms with E-state index in [1.54, 1.807) is 78.9 Å². The number of rotatable bonds is 6. The van der Waals surface area contributed by atoms with Crippen LogP contribution in [0.2, 0.25) is 5.02 Å². The van der Waals surface area contributed by atoms with E-state index in [2.05, 4.69) is 10.5 Å². The Hall–Kier alpha value is -3.48. The van der Waals surface area contributed by atoms with Crippen molar-refractivity contribution in [2.45, 2.75) is 6.10 Å². The van der Waals surface area contributed by atoms with Crippen LogP contribution < -0.4 is 10.2 Å². The fourth-order valence-corrected chi connectivity index (χ4v) is 2.56. The molecule has 1 atom stereocenters. The van der Waals surface area contributed by atoms with Gasteiger partial charge in [0.15, 0.2) is 6.10 Å². The van der Waals surface area contributed by atoms with Crippen molar-refractivity contribution in [1.82, 2.24) is 5.43 Å². The first-order valence-corrected chi connectivity index (χ1v) is 9.05. The Morgan fingerprint density at radius 1 is 0.966 bits per heavy atom. The van der Waals surface area contributed by atoms with E-state index in [0.717, 1.165) is 0 Å². The van der Waals surface area contributed by atoms with Crippen molar-refractivity contribution in [1.29, 1.82) is 0 Å². The van der Waals surface area contributed by atoms with Crippen molar-refractivity contribution < 1.29 is 19.4 Å². The van der Waals surface area contributed by atoms with Crippen LogP contribution in [0.15, 0.2) is 84.0 Å². The second kappa shape index (κ2) is 9.64. The largest absolute Gasteiger partial charge is 0.422 e. The molecule has 29 heavy (non-hydrogen) atoms. The molecule has 0 unspecified atom stereocenters. The van der Waals surface area contributed by atoms with Gasteiger partial charge in [0.05, 0.1) is 11.8 Å². The lowest BCUT2D eigenvalue weighted by molar-refractivity contribution is -0.129. The topological polar surface area (TPSA) is 88.0 Å². The summed E-state index contributed by atoms with van der Waals surface area (Å²) in [6.45, 7) is 0. The molecule has 3 rings (SSSR count). The fraction of sp³-hybridized carbons (Fsp3) is 0.0455. The van der Waals surface area contributed by atoms with Crippen molar-refractivity contribution in [3.63, 3.8) is 0 Å². The molecule has 3 aromatic carbocycles. The Labute approximate surface area is 172 Å². The molecule has 0 saturated carbocycles. The first-order chi connectivity index (χ1) is 14.0. The third kappa shape index (κ3) is 5.51. The Morgan fingerprint density at radius 3 is 2.34 bits per heavy atom. The van der Waals surface area contributed by atoms with Crippen LogP contribution in [0.1, 0.15) is 27.6 Å². The minimum absolute atomic E-state index is 0.272. The van der Waals surface area contributed by atoms with Gasteiger partial charge >= 0.3 is 5.97 Å². The Morgan fingerprint density at radius 2 is 1.62 bits per heavy atom. The van der Waals surface area contributed by atoms with Crippen molar-refractivity contribution >= 4 is 29.7 Å². The number of aliphatic hydroxyl groups is 1. The third-order valence-electron chi connectivity index (χ3n) is 3.94. The zero-order valence-corrected chi connectivity index (χ0v) is 15.9. The Kier molecular flexibility index (Phi) is 6.73. The number of para-hydroxylation sites is 1. The monoisotopic (exact) mass is 408 g/mol. The second-order valence-corrected chi connectivity index (χ2v) is 6.42. The summed E-state index contributed by atoms with van der Waals surface area (Å²) in [7, 11) is 0. The molecule has 0 radical (unpaired) electrons. The Bertz CT molecular complexity index is 1020. The number of benzene rings is 3. The summed E-state index contributed by atoms with van der Waals surface area (Å²) in [6.07, 6.45) is -0.00794. The molecule has 2 N–H and O–H groups in total. The molecule has 3 aromatic rings.